The van der Waals surface area contributed by atoms with Crippen molar-refractivity contribution in [2.45, 2.75) is 26.1 Å². The second-order valence-corrected chi connectivity index (χ2v) is 10.6. The van der Waals surface area contributed by atoms with Gasteiger partial charge in [-0.2, -0.15) is 0 Å². The summed E-state index contributed by atoms with van der Waals surface area (Å²) in [4.78, 5) is 34.8. The number of nitrogens with one attached hydrogen (secondary N) is 2. The van der Waals surface area contributed by atoms with Crippen LogP contribution < -0.4 is 4.74 Å². The van der Waals surface area contributed by atoms with Crippen LogP contribution in [-0.2, 0) is 34.0 Å². The van der Waals surface area contributed by atoms with E-state index in [0.29, 0.717) is 42.8 Å². The number of hydrogen-bond donors (Lipinski definition) is 2. The van der Waals surface area contributed by atoms with Gasteiger partial charge in [-0.1, -0.05) is 60.7 Å². The van der Waals surface area contributed by atoms with Gasteiger partial charge in [0.25, 0.3) is 11.8 Å². The van der Waals surface area contributed by atoms with Crippen LogP contribution in [0.3, 0.4) is 0 Å². The summed E-state index contributed by atoms with van der Waals surface area (Å²) in [5.41, 5.74) is 7.23. The molecular weight excluding hydrogens is 526 g/mol. The second kappa shape index (κ2) is 10.6. The molecule has 0 bridgehead atoms. The minimum Gasteiger partial charge on any atom is -0.493 e. The second-order valence-electron chi connectivity index (χ2n) is 10.6. The fraction of sp³-hybridized carbons (Fsp3) is 0.143. The van der Waals surface area contributed by atoms with Crippen LogP contribution in [-0.4, -0.2) is 33.7 Å². The highest BCUT2D eigenvalue weighted by atomic mass is 16.5. The van der Waals surface area contributed by atoms with E-state index in [1.54, 1.807) is 6.20 Å². The van der Waals surface area contributed by atoms with E-state index in [1.807, 2.05) is 91.1 Å². The number of hydrogen-bond acceptors (Lipinski definition) is 4. The number of imide groups is 1. The van der Waals surface area contributed by atoms with Crippen molar-refractivity contribution in [3.05, 3.63) is 131 Å². The Morgan fingerprint density at radius 1 is 0.738 bits per heavy atom. The summed E-state index contributed by atoms with van der Waals surface area (Å²) in [6, 6.07) is 25.8. The van der Waals surface area contributed by atoms with Crippen molar-refractivity contribution in [3.8, 4) is 5.75 Å². The molecule has 3 aromatic carbocycles. The fourth-order valence-corrected chi connectivity index (χ4v) is 5.72. The van der Waals surface area contributed by atoms with Crippen molar-refractivity contribution in [1.82, 2.24) is 14.9 Å². The molecular formula is C35H29N3O4. The molecule has 0 saturated carbocycles. The zero-order chi connectivity index (χ0) is 28.6. The lowest BCUT2D eigenvalue weighted by molar-refractivity contribution is -0.134. The Kier molecular flexibility index (Phi) is 6.47. The number of aromatic nitrogens is 2. The largest absolute Gasteiger partial charge is 0.493 e. The molecule has 2 aromatic heterocycles. The molecule has 208 valence electrons. The van der Waals surface area contributed by atoms with Gasteiger partial charge >= 0.3 is 0 Å². The number of carbonyl (C=O) groups is 2. The van der Waals surface area contributed by atoms with E-state index in [-0.39, 0.29) is 11.8 Å². The molecule has 2 aliphatic rings. The van der Waals surface area contributed by atoms with Crippen LogP contribution in [0.5, 0.6) is 5.75 Å². The van der Waals surface area contributed by atoms with Crippen LogP contribution in [0.15, 0.2) is 97.0 Å². The van der Waals surface area contributed by atoms with E-state index in [1.165, 1.54) is 11.9 Å². The monoisotopic (exact) mass is 555 g/mol. The number of carbonyl (C=O) groups excluding carboxylic acids is 2. The molecule has 3 heterocycles. The molecule has 0 fully saturated rings. The van der Waals surface area contributed by atoms with Gasteiger partial charge in [-0.05, 0) is 41.3 Å². The number of H-pyrrole nitrogens is 2. The predicted molar refractivity (Wildman–Crippen MR) is 162 cm³/mol. The van der Waals surface area contributed by atoms with Crippen LogP contribution in [0.4, 0.5) is 0 Å². The maximum Gasteiger partial charge on any atom is 0.261 e. The zero-order valence-corrected chi connectivity index (χ0v) is 23.1. The van der Waals surface area contributed by atoms with Gasteiger partial charge in [0, 0.05) is 59.7 Å². The summed E-state index contributed by atoms with van der Waals surface area (Å²) < 4.78 is 12.1. The topological polar surface area (TPSA) is 87.4 Å². The summed E-state index contributed by atoms with van der Waals surface area (Å²) >= 11 is 0. The first-order valence-corrected chi connectivity index (χ1v) is 14.0. The summed E-state index contributed by atoms with van der Waals surface area (Å²) in [6.07, 6.45) is 7.06. The molecule has 7 heteroatoms. The predicted octanol–water partition coefficient (Wildman–Crippen LogP) is 6.49. The molecule has 7 rings (SSSR count). The standard InChI is InChI=1S/C35H29N3O4/c1-38-34(39)32(28-18-36-30-16-24(12-14-26(28)30)41-20-22-8-4-2-5-9-22)33(35(38)40)29-19-37-31-17-25(13-15-27(29)31)42-21-23-10-6-3-7-11-23/h2-12,14,16-19,36-37H,13,15,20-21H2,1H3. The Hall–Kier alpha value is -5.30. The quantitative estimate of drug-likeness (QED) is 0.214. The Labute approximate surface area is 243 Å². The first kappa shape index (κ1) is 25.7. The van der Waals surface area contributed by atoms with Crippen molar-refractivity contribution >= 4 is 39.9 Å². The van der Waals surface area contributed by atoms with Crippen molar-refractivity contribution in [2.75, 3.05) is 7.05 Å². The number of aromatic amines is 2. The SMILES string of the molecule is CN1C(=O)C(c2c[nH]c3c2CCC(OCc2ccccc2)=C3)=C(c2c[nH]c3cc(OCc4ccccc4)ccc23)C1=O. The minimum absolute atomic E-state index is 0.302. The fourth-order valence-electron chi connectivity index (χ4n) is 5.72. The van der Waals surface area contributed by atoms with Crippen molar-refractivity contribution in [3.63, 3.8) is 0 Å². The van der Waals surface area contributed by atoms with Crippen molar-refractivity contribution < 1.29 is 19.1 Å². The minimum atomic E-state index is -0.312. The molecule has 0 spiro atoms. The number of ether oxygens (including phenoxy) is 2. The lowest BCUT2D eigenvalue weighted by Crippen LogP contribution is -2.26. The molecule has 0 atom stereocenters. The van der Waals surface area contributed by atoms with Gasteiger partial charge in [0.15, 0.2) is 0 Å². The number of amides is 2. The zero-order valence-electron chi connectivity index (χ0n) is 23.1. The Bertz CT molecular complexity index is 1880. The Balaban J connectivity index is 1.20. The number of rotatable bonds is 8. The summed E-state index contributed by atoms with van der Waals surface area (Å²) in [5, 5.41) is 0.854. The van der Waals surface area contributed by atoms with Crippen molar-refractivity contribution in [2.24, 2.45) is 0 Å². The highest BCUT2D eigenvalue weighted by Crippen LogP contribution is 2.41. The molecule has 42 heavy (non-hydrogen) atoms. The number of fused-ring (bicyclic) bond motifs is 2. The van der Waals surface area contributed by atoms with Crippen LogP contribution in [0.2, 0.25) is 0 Å². The third-order valence-electron chi connectivity index (χ3n) is 7.94. The van der Waals surface area contributed by atoms with Crippen LogP contribution in [0, 0.1) is 0 Å². The maximum absolute atomic E-state index is 13.5. The van der Waals surface area contributed by atoms with Gasteiger partial charge in [0.1, 0.15) is 19.0 Å². The Morgan fingerprint density at radius 3 is 2.10 bits per heavy atom. The summed E-state index contributed by atoms with van der Waals surface area (Å²) in [5.74, 6) is 0.996. The van der Waals surface area contributed by atoms with Gasteiger partial charge in [-0.3, -0.25) is 14.5 Å². The van der Waals surface area contributed by atoms with E-state index in [2.05, 4.69) is 9.97 Å². The van der Waals surface area contributed by atoms with Gasteiger partial charge < -0.3 is 19.4 Å². The molecule has 2 N–H and O–H groups in total. The molecule has 0 saturated heterocycles. The third kappa shape index (κ3) is 4.59. The molecule has 0 unspecified atom stereocenters. The summed E-state index contributed by atoms with van der Waals surface area (Å²) in [7, 11) is 1.54. The first-order chi connectivity index (χ1) is 20.6. The van der Waals surface area contributed by atoms with Gasteiger partial charge in [-0.15, -0.1) is 0 Å². The highest BCUT2D eigenvalue weighted by Gasteiger charge is 2.40. The van der Waals surface area contributed by atoms with Gasteiger partial charge in [0.05, 0.1) is 16.9 Å². The van der Waals surface area contributed by atoms with E-state index in [9.17, 15) is 9.59 Å². The smallest absolute Gasteiger partial charge is 0.261 e. The number of allylic oxidation sites excluding steroid dienone is 1. The average molecular weight is 556 g/mol. The van der Waals surface area contributed by atoms with E-state index in [0.717, 1.165) is 50.4 Å². The molecule has 5 aromatic rings. The molecule has 1 aliphatic carbocycles. The average Bonchev–Trinajstić information content (AvgIpc) is 3.70. The number of likely N-dealkylation sites (N-methyl/N-ethyl adjacent to an activating group) is 1. The van der Waals surface area contributed by atoms with Crippen LogP contribution in [0.1, 0.15) is 39.9 Å². The molecule has 1 aliphatic heterocycles. The van der Waals surface area contributed by atoms with Crippen LogP contribution >= 0.6 is 0 Å². The Morgan fingerprint density at radius 2 is 1.38 bits per heavy atom. The number of benzene rings is 3. The number of nitrogens with zero attached hydrogens (tertiary/aromatic N) is 1. The van der Waals surface area contributed by atoms with E-state index >= 15 is 0 Å². The maximum atomic E-state index is 13.5. The van der Waals surface area contributed by atoms with Crippen molar-refractivity contribution in [1.29, 1.82) is 0 Å². The molecule has 7 nitrogen and oxygen atoms in total. The normalized spacial score (nSPS) is 14.9. The first-order valence-electron chi connectivity index (χ1n) is 14.0. The van der Waals surface area contributed by atoms with E-state index in [4.69, 9.17) is 9.47 Å². The van der Waals surface area contributed by atoms with E-state index < -0.39 is 0 Å². The lowest BCUT2D eigenvalue weighted by atomic mass is 9.91. The third-order valence-corrected chi connectivity index (χ3v) is 7.94. The van der Waals surface area contributed by atoms with Gasteiger partial charge in [0.2, 0.25) is 0 Å². The highest BCUT2D eigenvalue weighted by molar-refractivity contribution is 6.49. The summed E-state index contributed by atoms with van der Waals surface area (Å²) in [6.45, 7) is 0.960. The van der Waals surface area contributed by atoms with Gasteiger partial charge in [-0.25, -0.2) is 0 Å². The molecule has 2 amide bonds. The van der Waals surface area contributed by atoms with Crippen LogP contribution in [0.25, 0.3) is 28.1 Å². The molecule has 0 radical (unpaired) electrons. The lowest BCUT2D eigenvalue weighted by Gasteiger charge is -2.16.